The first-order valence-electron chi connectivity index (χ1n) is 6.22. The zero-order valence-electron chi connectivity index (χ0n) is 11.5. The van der Waals surface area contributed by atoms with E-state index in [0.717, 1.165) is 32.3 Å². The molecule has 1 heterocycles. The molecule has 0 spiro atoms. The number of fused-ring (bicyclic) bond motifs is 3. The van der Waals surface area contributed by atoms with Gasteiger partial charge in [0.15, 0.2) is 0 Å². The van der Waals surface area contributed by atoms with Gasteiger partial charge in [-0.25, -0.2) is 12.4 Å². The summed E-state index contributed by atoms with van der Waals surface area (Å²) in [6.07, 6.45) is 3.22. The lowest BCUT2D eigenvalue weighted by Gasteiger charge is -2.08. The van der Waals surface area contributed by atoms with Crippen LogP contribution in [-0.2, 0) is 10.0 Å². The standard InChI is InChI=1S/C15H15NO2S2/c1-10-8-9-13(19-2)15-14(10)11-6-4-5-7-12(11)16(15)20(3,17)18/h4-9H,1-3H3. The fraction of sp³-hybridized carbons (Fsp3) is 0.200. The molecule has 0 aliphatic carbocycles. The second-order valence-corrected chi connectivity index (χ2v) is 7.53. The first-order valence-corrected chi connectivity index (χ1v) is 9.29. The molecule has 2 aromatic carbocycles. The molecule has 3 nitrogen and oxygen atoms in total. The Kier molecular flexibility index (Phi) is 3.06. The Labute approximate surface area is 122 Å². The minimum Gasteiger partial charge on any atom is -0.236 e. The lowest BCUT2D eigenvalue weighted by atomic mass is 10.1. The van der Waals surface area contributed by atoms with Gasteiger partial charge in [0.1, 0.15) is 0 Å². The first kappa shape index (κ1) is 13.5. The molecule has 0 fully saturated rings. The highest BCUT2D eigenvalue weighted by Gasteiger charge is 2.20. The third kappa shape index (κ3) is 1.84. The van der Waals surface area contributed by atoms with Crippen molar-refractivity contribution >= 4 is 43.6 Å². The molecule has 0 bridgehead atoms. The van der Waals surface area contributed by atoms with Crippen LogP contribution in [0.2, 0.25) is 0 Å². The van der Waals surface area contributed by atoms with Crippen LogP contribution in [0.4, 0.5) is 0 Å². The average molecular weight is 305 g/mol. The molecule has 0 aliphatic heterocycles. The monoisotopic (exact) mass is 305 g/mol. The Morgan fingerprint density at radius 2 is 1.80 bits per heavy atom. The summed E-state index contributed by atoms with van der Waals surface area (Å²) in [5.41, 5.74) is 2.63. The van der Waals surface area contributed by atoms with Crippen molar-refractivity contribution in [1.29, 1.82) is 0 Å². The Balaban J connectivity index is 2.73. The van der Waals surface area contributed by atoms with Crippen LogP contribution in [0, 0.1) is 6.92 Å². The highest BCUT2D eigenvalue weighted by Crippen LogP contribution is 2.37. The molecule has 0 unspecified atom stereocenters. The minimum atomic E-state index is -3.36. The molecule has 0 aliphatic rings. The van der Waals surface area contributed by atoms with Gasteiger partial charge in [0.2, 0.25) is 10.0 Å². The van der Waals surface area contributed by atoms with E-state index in [9.17, 15) is 8.42 Å². The Bertz CT molecular complexity index is 924. The van der Waals surface area contributed by atoms with E-state index >= 15 is 0 Å². The van der Waals surface area contributed by atoms with E-state index in [1.54, 1.807) is 11.8 Å². The number of hydrogen-bond acceptors (Lipinski definition) is 3. The molecule has 0 amide bonds. The minimum absolute atomic E-state index is 0.745. The maximum atomic E-state index is 12.3. The van der Waals surface area contributed by atoms with Crippen molar-refractivity contribution in [2.24, 2.45) is 0 Å². The summed E-state index contributed by atoms with van der Waals surface area (Å²) in [5.74, 6) is 0. The third-order valence-electron chi connectivity index (χ3n) is 3.50. The summed E-state index contributed by atoms with van der Waals surface area (Å²) >= 11 is 1.57. The van der Waals surface area contributed by atoms with E-state index in [1.165, 1.54) is 10.2 Å². The third-order valence-corrected chi connectivity index (χ3v) is 5.31. The lowest BCUT2D eigenvalue weighted by molar-refractivity contribution is 0.596. The topological polar surface area (TPSA) is 39.1 Å². The number of nitrogens with zero attached hydrogens (tertiary/aromatic N) is 1. The molecule has 5 heteroatoms. The molecule has 0 N–H and O–H groups in total. The fourth-order valence-electron chi connectivity index (χ4n) is 2.71. The number of para-hydroxylation sites is 1. The van der Waals surface area contributed by atoms with Crippen molar-refractivity contribution in [3.8, 4) is 0 Å². The molecule has 3 rings (SSSR count). The van der Waals surface area contributed by atoms with Crippen molar-refractivity contribution in [3.05, 3.63) is 42.0 Å². The van der Waals surface area contributed by atoms with Gasteiger partial charge < -0.3 is 0 Å². The normalized spacial score (nSPS) is 12.3. The van der Waals surface area contributed by atoms with Crippen LogP contribution in [0.25, 0.3) is 21.8 Å². The maximum Gasteiger partial charge on any atom is 0.236 e. The first-order chi connectivity index (χ1) is 9.45. The van der Waals surface area contributed by atoms with Crippen molar-refractivity contribution in [1.82, 2.24) is 3.97 Å². The van der Waals surface area contributed by atoms with Crippen LogP contribution in [-0.4, -0.2) is 24.9 Å². The lowest BCUT2D eigenvalue weighted by Crippen LogP contribution is -2.09. The van der Waals surface area contributed by atoms with E-state index in [4.69, 9.17) is 0 Å². The molecule has 0 saturated carbocycles. The van der Waals surface area contributed by atoms with Crippen LogP contribution in [0.3, 0.4) is 0 Å². The van der Waals surface area contributed by atoms with Gasteiger partial charge in [-0.05, 0) is 30.9 Å². The molecule has 0 saturated heterocycles. The second-order valence-electron chi connectivity index (χ2n) is 4.85. The van der Waals surface area contributed by atoms with Crippen LogP contribution in [0.1, 0.15) is 5.56 Å². The summed E-state index contributed by atoms with van der Waals surface area (Å²) in [6.45, 7) is 2.02. The van der Waals surface area contributed by atoms with Gasteiger partial charge in [-0.1, -0.05) is 24.3 Å². The largest absolute Gasteiger partial charge is 0.236 e. The second kappa shape index (κ2) is 4.53. The molecule has 0 radical (unpaired) electrons. The zero-order chi connectivity index (χ0) is 14.5. The predicted molar refractivity (Wildman–Crippen MR) is 86.2 cm³/mol. The van der Waals surface area contributed by atoms with E-state index in [-0.39, 0.29) is 0 Å². The summed E-state index contributed by atoms with van der Waals surface area (Å²) in [4.78, 5) is 0.979. The summed E-state index contributed by atoms with van der Waals surface area (Å²) in [6, 6.07) is 11.7. The summed E-state index contributed by atoms with van der Waals surface area (Å²) in [7, 11) is -3.36. The van der Waals surface area contributed by atoms with Crippen LogP contribution in [0.15, 0.2) is 41.3 Å². The molecular weight excluding hydrogens is 290 g/mol. The van der Waals surface area contributed by atoms with Gasteiger partial charge in [0.25, 0.3) is 0 Å². The van der Waals surface area contributed by atoms with E-state index in [2.05, 4.69) is 0 Å². The maximum absolute atomic E-state index is 12.3. The number of aryl methyl sites for hydroxylation is 1. The van der Waals surface area contributed by atoms with Gasteiger partial charge in [-0.3, -0.25) is 0 Å². The van der Waals surface area contributed by atoms with Gasteiger partial charge in [0.05, 0.1) is 17.3 Å². The van der Waals surface area contributed by atoms with Crippen LogP contribution < -0.4 is 0 Å². The van der Waals surface area contributed by atoms with E-state index in [1.807, 2.05) is 49.6 Å². The molecule has 104 valence electrons. The van der Waals surface area contributed by atoms with Crippen molar-refractivity contribution in [2.75, 3.05) is 12.5 Å². The zero-order valence-corrected chi connectivity index (χ0v) is 13.2. The molecule has 1 aromatic heterocycles. The van der Waals surface area contributed by atoms with Crippen molar-refractivity contribution in [2.45, 2.75) is 11.8 Å². The van der Waals surface area contributed by atoms with Gasteiger partial charge in [-0.15, -0.1) is 11.8 Å². The number of aromatic nitrogens is 1. The highest BCUT2D eigenvalue weighted by molar-refractivity contribution is 7.99. The van der Waals surface area contributed by atoms with Gasteiger partial charge in [-0.2, -0.15) is 0 Å². The Morgan fingerprint density at radius 3 is 2.45 bits per heavy atom. The van der Waals surface area contributed by atoms with Crippen molar-refractivity contribution < 1.29 is 8.42 Å². The number of benzene rings is 2. The summed E-state index contributed by atoms with van der Waals surface area (Å²) < 4.78 is 26.0. The van der Waals surface area contributed by atoms with Crippen molar-refractivity contribution in [3.63, 3.8) is 0 Å². The molecule has 3 aromatic rings. The van der Waals surface area contributed by atoms with Crippen LogP contribution in [0.5, 0.6) is 0 Å². The van der Waals surface area contributed by atoms with Gasteiger partial charge in [0, 0.05) is 15.7 Å². The SMILES string of the molecule is CSc1ccc(C)c2c3ccccc3n(S(C)(=O)=O)c12. The average Bonchev–Trinajstić information content (AvgIpc) is 2.75. The highest BCUT2D eigenvalue weighted by atomic mass is 32.2. The Morgan fingerprint density at radius 1 is 1.10 bits per heavy atom. The van der Waals surface area contributed by atoms with E-state index < -0.39 is 10.0 Å². The fourth-order valence-corrected chi connectivity index (χ4v) is 4.39. The smallest absolute Gasteiger partial charge is 0.236 e. The molecular formula is C15H15NO2S2. The van der Waals surface area contributed by atoms with Crippen LogP contribution >= 0.6 is 11.8 Å². The summed E-state index contributed by atoms with van der Waals surface area (Å²) in [5, 5.41) is 2.01. The predicted octanol–water partition coefficient (Wildman–Crippen LogP) is 3.63. The number of rotatable bonds is 2. The molecule has 0 atom stereocenters. The quantitative estimate of drug-likeness (QED) is 0.679. The van der Waals surface area contributed by atoms with Gasteiger partial charge >= 0.3 is 0 Å². The van der Waals surface area contributed by atoms with E-state index in [0.29, 0.717) is 0 Å². The Hall–Kier alpha value is -1.46. The number of hydrogen-bond donors (Lipinski definition) is 0. The number of thioether (sulfide) groups is 1. The molecule has 20 heavy (non-hydrogen) atoms.